The molecule has 12 heteroatoms. The second-order valence-corrected chi connectivity index (χ2v) is 11.3. The van der Waals surface area contributed by atoms with E-state index < -0.39 is 12.6 Å². The summed E-state index contributed by atoms with van der Waals surface area (Å²) < 4.78 is 40.6. The number of fused-ring (bicyclic) bond motifs is 2. The molecular formula is C28H27F3N8S. The number of thiophene rings is 1. The topological polar surface area (TPSA) is 98.5 Å². The van der Waals surface area contributed by atoms with Gasteiger partial charge in [-0.05, 0) is 49.1 Å². The van der Waals surface area contributed by atoms with Crippen LogP contribution in [-0.2, 0) is 19.5 Å². The number of H-pyrrole nitrogens is 1. The maximum Gasteiger partial charge on any atom is 0.393 e. The van der Waals surface area contributed by atoms with Gasteiger partial charge in [-0.3, -0.25) is 4.90 Å². The van der Waals surface area contributed by atoms with Crippen LogP contribution >= 0.6 is 11.3 Å². The smallest absolute Gasteiger partial charge is 0.367 e. The number of imidazole rings is 1. The van der Waals surface area contributed by atoms with Gasteiger partial charge in [0.25, 0.3) is 0 Å². The van der Waals surface area contributed by atoms with Crippen LogP contribution < -0.4 is 5.32 Å². The van der Waals surface area contributed by atoms with Crippen LogP contribution in [0.5, 0.6) is 0 Å². The molecule has 5 heterocycles. The number of anilines is 1. The van der Waals surface area contributed by atoms with Crippen molar-refractivity contribution >= 4 is 38.3 Å². The van der Waals surface area contributed by atoms with E-state index in [0.717, 1.165) is 60.5 Å². The Morgan fingerprint density at radius 2 is 1.95 bits per heavy atom. The molecule has 8 nitrogen and oxygen atoms in total. The van der Waals surface area contributed by atoms with E-state index in [9.17, 15) is 18.4 Å². The lowest BCUT2D eigenvalue weighted by Gasteiger charge is -2.33. The van der Waals surface area contributed by atoms with E-state index in [-0.39, 0.29) is 10.9 Å². The summed E-state index contributed by atoms with van der Waals surface area (Å²) in [6.07, 6.45) is 1.48. The predicted molar refractivity (Wildman–Crippen MR) is 148 cm³/mol. The van der Waals surface area contributed by atoms with Crippen molar-refractivity contribution in [3.8, 4) is 6.07 Å². The molecule has 0 amide bonds. The van der Waals surface area contributed by atoms with Gasteiger partial charge in [0.05, 0.1) is 18.4 Å². The van der Waals surface area contributed by atoms with Gasteiger partial charge in [-0.15, -0.1) is 11.3 Å². The summed E-state index contributed by atoms with van der Waals surface area (Å²) >= 11 is 1.07. The number of likely N-dealkylation sites (tertiary alicyclic amines) is 1. The number of halogens is 3. The van der Waals surface area contributed by atoms with E-state index in [4.69, 9.17) is 0 Å². The molecule has 0 saturated carbocycles. The minimum atomic E-state index is -4.25. The monoisotopic (exact) mass is 564 g/mol. The van der Waals surface area contributed by atoms with Crippen LogP contribution in [0.4, 0.5) is 19.0 Å². The van der Waals surface area contributed by atoms with Crippen LogP contribution in [0.2, 0.25) is 0 Å². The molecule has 5 aromatic rings. The molecule has 0 bridgehead atoms. The summed E-state index contributed by atoms with van der Waals surface area (Å²) in [6.45, 7) is 5.19. The van der Waals surface area contributed by atoms with Crippen LogP contribution in [0, 0.1) is 18.3 Å². The summed E-state index contributed by atoms with van der Waals surface area (Å²) in [5.74, 6) is 1.40. The Labute approximate surface area is 232 Å². The number of rotatable bonds is 7. The van der Waals surface area contributed by atoms with Gasteiger partial charge in [0.1, 0.15) is 34.6 Å². The summed E-state index contributed by atoms with van der Waals surface area (Å²) in [4.78, 5) is 19.1. The van der Waals surface area contributed by atoms with E-state index in [2.05, 4.69) is 55.3 Å². The van der Waals surface area contributed by atoms with Gasteiger partial charge in [0.15, 0.2) is 0 Å². The first-order valence-electron chi connectivity index (χ1n) is 13.1. The number of benzene rings is 1. The van der Waals surface area contributed by atoms with Crippen molar-refractivity contribution in [2.45, 2.75) is 51.5 Å². The molecule has 6 rings (SSSR count). The highest BCUT2D eigenvalue weighted by Gasteiger charge is 2.29. The molecule has 1 aliphatic rings. The van der Waals surface area contributed by atoms with Crippen LogP contribution in [0.25, 0.3) is 21.1 Å². The lowest BCUT2D eigenvalue weighted by atomic mass is 10.0. The van der Waals surface area contributed by atoms with Crippen molar-refractivity contribution in [2.75, 3.05) is 18.4 Å². The van der Waals surface area contributed by atoms with Crippen LogP contribution in [0.1, 0.15) is 40.4 Å². The molecule has 2 N–H and O–H groups in total. The van der Waals surface area contributed by atoms with Crippen molar-refractivity contribution < 1.29 is 13.2 Å². The number of aromatic amines is 1. The Morgan fingerprint density at radius 1 is 1.12 bits per heavy atom. The number of piperidine rings is 1. The van der Waals surface area contributed by atoms with Gasteiger partial charge in [0.2, 0.25) is 0 Å². The summed E-state index contributed by atoms with van der Waals surface area (Å²) in [6, 6.07) is 10.2. The highest BCUT2D eigenvalue weighted by atomic mass is 32.1. The largest absolute Gasteiger partial charge is 0.393 e. The first-order valence-corrected chi connectivity index (χ1v) is 13.9. The molecule has 1 fully saturated rings. The van der Waals surface area contributed by atoms with Gasteiger partial charge in [-0.1, -0.05) is 6.07 Å². The van der Waals surface area contributed by atoms with E-state index in [1.807, 2.05) is 10.6 Å². The molecule has 0 spiro atoms. The number of nitriles is 1. The van der Waals surface area contributed by atoms with Gasteiger partial charge >= 0.3 is 6.18 Å². The fourth-order valence-corrected chi connectivity index (χ4v) is 6.49. The minimum absolute atomic E-state index is 0.178. The standard InChI is InChI=1S/C28H27F3N8S/c1-17-18(2-3-24-22(17)10-20(13-32)39(24)15-25-33-6-7-34-25)14-38-8-4-19(5-9-38)37-26-23-11-21(12-28(29,30)31)40-27(23)36-16-35-26/h2-3,6-7,10-11,16,19H,4-5,8-9,12,14-15H2,1H3,(H,33,34)(H,35,36,37). The van der Waals surface area contributed by atoms with Crippen molar-refractivity contribution in [2.24, 2.45) is 0 Å². The van der Waals surface area contributed by atoms with E-state index in [1.165, 1.54) is 17.5 Å². The number of hydrogen-bond acceptors (Lipinski definition) is 7. The van der Waals surface area contributed by atoms with Gasteiger partial charge < -0.3 is 14.9 Å². The maximum absolute atomic E-state index is 12.9. The quantitative estimate of drug-likeness (QED) is 0.260. The molecule has 1 saturated heterocycles. The second kappa shape index (κ2) is 10.6. The second-order valence-electron chi connectivity index (χ2n) is 10.2. The lowest BCUT2D eigenvalue weighted by molar-refractivity contribution is -0.126. The first-order chi connectivity index (χ1) is 19.3. The van der Waals surface area contributed by atoms with Crippen molar-refractivity contribution in [1.82, 2.24) is 29.4 Å². The molecule has 0 unspecified atom stereocenters. The van der Waals surface area contributed by atoms with Crippen molar-refractivity contribution in [3.05, 3.63) is 70.5 Å². The average molecular weight is 565 g/mol. The average Bonchev–Trinajstić information content (AvgIpc) is 3.66. The predicted octanol–water partition coefficient (Wildman–Crippen LogP) is 5.78. The number of alkyl halides is 3. The molecule has 40 heavy (non-hydrogen) atoms. The van der Waals surface area contributed by atoms with Crippen molar-refractivity contribution in [1.29, 1.82) is 5.26 Å². The summed E-state index contributed by atoms with van der Waals surface area (Å²) in [5, 5.41) is 14.9. The van der Waals surface area contributed by atoms with Crippen molar-refractivity contribution in [3.63, 3.8) is 0 Å². The minimum Gasteiger partial charge on any atom is -0.367 e. The summed E-state index contributed by atoms with van der Waals surface area (Å²) in [5.41, 5.74) is 4.02. The Balaban J connectivity index is 1.12. The fraction of sp³-hybridized carbons (Fsp3) is 0.357. The number of nitrogens with zero attached hydrogens (tertiary/aromatic N) is 6. The molecule has 206 valence electrons. The SMILES string of the molecule is Cc1c(CN2CCC(Nc3ncnc4sc(CC(F)(F)F)cc34)CC2)ccc2c1cc(C#N)n2Cc1ncc[nH]1. The zero-order valence-electron chi connectivity index (χ0n) is 21.8. The third kappa shape index (κ3) is 5.39. The van der Waals surface area contributed by atoms with Crippen LogP contribution in [-0.4, -0.2) is 54.7 Å². The maximum atomic E-state index is 12.9. The number of aryl methyl sites for hydroxylation is 1. The number of aromatic nitrogens is 5. The zero-order valence-corrected chi connectivity index (χ0v) is 22.6. The molecule has 1 aliphatic heterocycles. The Kier molecular flexibility index (Phi) is 6.93. The van der Waals surface area contributed by atoms with Gasteiger partial charge in [-0.2, -0.15) is 18.4 Å². The zero-order chi connectivity index (χ0) is 27.9. The van der Waals surface area contributed by atoms with E-state index in [0.29, 0.717) is 28.3 Å². The third-order valence-corrected chi connectivity index (χ3v) is 8.56. The van der Waals surface area contributed by atoms with Gasteiger partial charge in [-0.25, -0.2) is 15.0 Å². The Morgan fingerprint density at radius 3 is 2.67 bits per heavy atom. The molecular weight excluding hydrogens is 537 g/mol. The van der Waals surface area contributed by atoms with E-state index >= 15 is 0 Å². The molecule has 4 aromatic heterocycles. The Hall–Kier alpha value is -3.95. The normalized spacial score (nSPS) is 15.2. The highest BCUT2D eigenvalue weighted by Crippen LogP contribution is 2.33. The first kappa shape index (κ1) is 26.3. The fourth-order valence-electron chi connectivity index (χ4n) is 5.46. The van der Waals surface area contributed by atoms with Crippen LogP contribution in [0.3, 0.4) is 0 Å². The molecule has 0 radical (unpaired) electrons. The van der Waals surface area contributed by atoms with Crippen LogP contribution in [0.15, 0.2) is 43.0 Å². The van der Waals surface area contributed by atoms with E-state index in [1.54, 1.807) is 18.5 Å². The number of nitrogens with one attached hydrogen (secondary N) is 2. The number of hydrogen-bond donors (Lipinski definition) is 2. The molecule has 0 atom stereocenters. The summed E-state index contributed by atoms with van der Waals surface area (Å²) in [7, 11) is 0. The highest BCUT2D eigenvalue weighted by molar-refractivity contribution is 7.18. The lowest BCUT2D eigenvalue weighted by Crippen LogP contribution is -2.39. The third-order valence-electron chi connectivity index (χ3n) is 7.52. The Bertz CT molecular complexity index is 1690. The molecule has 1 aromatic carbocycles. The van der Waals surface area contributed by atoms with Gasteiger partial charge in [0, 0.05) is 53.8 Å². The molecule has 0 aliphatic carbocycles.